The Morgan fingerprint density at radius 3 is 2.68 bits per heavy atom. The van der Waals surface area contributed by atoms with Crippen molar-refractivity contribution in [2.75, 3.05) is 14.2 Å². The molecule has 0 amide bonds. The molecule has 1 atom stereocenters. The van der Waals surface area contributed by atoms with Crippen molar-refractivity contribution in [3.63, 3.8) is 0 Å². The molecule has 1 aliphatic rings. The van der Waals surface area contributed by atoms with E-state index in [0.717, 1.165) is 16.1 Å². The Bertz CT molecular complexity index is 402. The van der Waals surface area contributed by atoms with Crippen LogP contribution in [0.3, 0.4) is 0 Å². The van der Waals surface area contributed by atoms with Crippen LogP contribution in [0.25, 0.3) is 0 Å². The van der Waals surface area contributed by atoms with Crippen LogP contribution in [0, 0.1) is 5.92 Å². The van der Waals surface area contributed by atoms with Crippen LogP contribution in [0.5, 0.6) is 5.75 Å². The highest BCUT2D eigenvalue weighted by atomic mass is 79.9. The molecule has 19 heavy (non-hydrogen) atoms. The average Bonchev–Trinajstić information content (AvgIpc) is 2.46. The van der Waals surface area contributed by atoms with Crippen molar-refractivity contribution in [3.05, 3.63) is 28.2 Å². The van der Waals surface area contributed by atoms with E-state index >= 15 is 0 Å². The largest absolute Gasteiger partial charge is 0.496 e. The molecule has 106 valence electrons. The second kappa shape index (κ2) is 7.30. The first-order valence-corrected chi connectivity index (χ1v) is 8.04. The second-order valence-electron chi connectivity index (χ2n) is 5.47. The molecule has 1 N–H and O–H groups in total. The molecule has 0 spiro atoms. The maximum Gasteiger partial charge on any atom is 0.124 e. The van der Waals surface area contributed by atoms with E-state index in [1.165, 1.54) is 44.1 Å². The molecule has 2 nitrogen and oxygen atoms in total. The molecule has 0 radical (unpaired) electrons. The molecular weight excluding hydrogens is 302 g/mol. The molecule has 2 rings (SSSR count). The minimum atomic E-state index is 0.395. The summed E-state index contributed by atoms with van der Waals surface area (Å²) in [6.45, 7) is 0. The molecule has 0 bridgehead atoms. The van der Waals surface area contributed by atoms with E-state index in [4.69, 9.17) is 4.74 Å². The normalized spacial score (nSPS) is 18.3. The van der Waals surface area contributed by atoms with Crippen LogP contribution in [0.15, 0.2) is 22.7 Å². The van der Waals surface area contributed by atoms with Crippen molar-refractivity contribution in [2.24, 2.45) is 5.92 Å². The molecule has 1 aromatic rings. The molecule has 1 aromatic carbocycles. The summed E-state index contributed by atoms with van der Waals surface area (Å²) in [4.78, 5) is 0. The van der Waals surface area contributed by atoms with E-state index in [9.17, 15) is 0 Å². The van der Waals surface area contributed by atoms with Gasteiger partial charge in [-0.3, -0.25) is 0 Å². The van der Waals surface area contributed by atoms with Crippen molar-refractivity contribution >= 4 is 15.9 Å². The van der Waals surface area contributed by atoms with Crippen molar-refractivity contribution < 1.29 is 4.74 Å². The molecule has 0 heterocycles. The summed E-state index contributed by atoms with van der Waals surface area (Å²) in [7, 11) is 3.80. The summed E-state index contributed by atoms with van der Waals surface area (Å²) in [5, 5.41) is 3.46. The summed E-state index contributed by atoms with van der Waals surface area (Å²) in [6.07, 6.45) is 8.21. The average molecular weight is 326 g/mol. The van der Waals surface area contributed by atoms with Gasteiger partial charge in [-0.05, 0) is 31.5 Å². The fourth-order valence-corrected chi connectivity index (χ4v) is 3.47. The van der Waals surface area contributed by atoms with Crippen LogP contribution >= 0.6 is 15.9 Å². The molecule has 1 saturated carbocycles. The van der Waals surface area contributed by atoms with E-state index in [1.807, 2.05) is 0 Å². The zero-order valence-corrected chi connectivity index (χ0v) is 13.5. The minimum Gasteiger partial charge on any atom is -0.496 e. The van der Waals surface area contributed by atoms with Gasteiger partial charge in [0.05, 0.1) is 7.11 Å². The maximum absolute atomic E-state index is 5.53. The van der Waals surface area contributed by atoms with Crippen molar-refractivity contribution in [2.45, 2.75) is 44.6 Å². The highest BCUT2D eigenvalue weighted by molar-refractivity contribution is 9.10. The Morgan fingerprint density at radius 2 is 2.05 bits per heavy atom. The third-order valence-corrected chi connectivity index (χ3v) is 4.71. The van der Waals surface area contributed by atoms with Gasteiger partial charge >= 0.3 is 0 Å². The predicted octanol–water partition coefficient (Wildman–Crippen LogP) is 4.69. The number of halogens is 1. The Balaban J connectivity index is 2.11. The summed E-state index contributed by atoms with van der Waals surface area (Å²) in [6, 6.07) is 6.72. The van der Waals surface area contributed by atoms with Crippen LogP contribution in [-0.2, 0) is 0 Å². The number of nitrogens with one attached hydrogen (secondary N) is 1. The molecule has 1 aliphatic carbocycles. The first-order valence-electron chi connectivity index (χ1n) is 7.25. The number of rotatable bonds is 5. The monoisotopic (exact) mass is 325 g/mol. The lowest BCUT2D eigenvalue weighted by Crippen LogP contribution is -2.21. The van der Waals surface area contributed by atoms with E-state index in [-0.39, 0.29) is 0 Å². The summed E-state index contributed by atoms with van der Waals surface area (Å²) >= 11 is 3.51. The third-order valence-electron chi connectivity index (χ3n) is 4.21. The SMILES string of the molecule is CNC(CC1CCCCC1)c1ccc(Br)cc1OC. The quantitative estimate of drug-likeness (QED) is 0.848. The minimum absolute atomic E-state index is 0.395. The standard InChI is InChI=1S/C16H24BrNO/c1-18-15(10-12-6-4-3-5-7-12)14-9-8-13(17)11-16(14)19-2/h8-9,11-12,15,18H,3-7,10H2,1-2H3. The molecule has 1 unspecified atom stereocenters. The highest BCUT2D eigenvalue weighted by Crippen LogP contribution is 2.35. The van der Waals surface area contributed by atoms with Crippen LogP contribution in [-0.4, -0.2) is 14.2 Å². The van der Waals surface area contributed by atoms with Gasteiger partial charge in [0, 0.05) is 16.1 Å². The van der Waals surface area contributed by atoms with Gasteiger partial charge in [0.2, 0.25) is 0 Å². The lowest BCUT2D eigenvalue weighted by molar-refractivity contribution is 0.301. The Kier molecular flexibility index (Phi) is 5.71. The van der Waals surface area contributed by atoms with Gasteiger partial charge in [-0.1, -0.05) is 54.1 Å². The summed E-state index contributed by atoms with van der Waals surface area (Å²) in [5.41, 5.74) is 1.28. The topological polar surface area (TPSA) is 21.3 Å². The fourth-order valence-electron chi connectivity index (χ4n) is 3.13. The molecule has 1 fully saturated rings. The van der Waals surface area contributed by atoms with Crippen molar-refractivity contribution in [3.8, 4) is 5.75 Å². The lowest BCUT2D eigenvalue weighted by Gasteiger charge is -2.27. The van der Waals surface area contributed by atoms with Crippen LogP contribution in [0.2, 0.25) is 0 Å². The van der Waals surface area contributed by atoms with Gasteiger partial charge in [0.1, 0.15) is 5.75 Å². The zero-order valence-electron chi connectivity index (χ0n) is 11.9. The van der Waals surface area contributed by atoms with Gasteiger partial charge in [0.25, 0.3) is 0 Å². The van der Waals surface area contributed by atoms with Gasteiger partial charge in [-0.15, -0.1) is 0 Å². The first-order chi connectivity index (χ1) is 9.24. The van der Waals surface area contributed by atoms with Gasteiger partial charge in [0.15, 0.2) is 0 Å². The second-order valence-corrected chi connectivity index (χ2v) is 6.38. The Labute approximate surface area is 125 Å². The number of benzene rings is 1. The maximum atomic E-state index is 5.53. The molecule has 0 aliphatic heterocycles. The molecule has 3 heteroatoms. The van der Waals surface area contributed by atoms with Gasteiger partial charge in [-0.25, -0.2) is 0 Å². The Hall–Kier alpha value is -0.540. The van der Waals surface area contributed by atoms with Crippen LogP contribution in [0.4, 0.5) is 0 Å². The van der Waals surface area contributed by atoms with E-state index in [2.05, 4.69) is 46.5 Å². The van der Waals surface area contributed by atoms with E-state index < -0.39 is 0 Å². The number of hydrogen-bond acceptors (Lipinski definition) is 2. The molecular formula is C16H24BrNO. The van der Waals surface area contributed by atoms with Crippen LogP contribution in [0.1, 0.15) is 50.1 Å². The van der Waals surface area contributed by atoms with E-state index in [1.54, 1.807) is 7.11 Å². The number of ether oxygens (including phenoxy) is 1. The van der Waals surface area contributed by atoms with Crippen molar-refractivity contribution in [1.82, 2.24) is 5.32 Å². The van der Waals surface area contributed by atoms with Gasteiger partial charge in [-0.2, -0.15) is 0 Å². The van der Waals surface area contributed by atoms with Gasteiger partial charge < -0.3 is 10.1 Å². The fraction of sp³-hybridized carbons (Fsp3) is 0.625. The third kappa shape index (κ3) is 3.96. The number of hydrogen-bond donors (Lipinski definition) is 1. The number of methoxy groups -OCH3 is 1. The first kappa shape index (κ1) is 14.9. The Morgan fingerprint density at radius 1 is 1.32 bits per heavy atom. The predicted molar refractivity (Wildman–Crippen MR) is 83.7 cm³/mol. The van der Waals surface area contributed by atoms with Crippen LogP contribution < -0.4 is 10.1 Å². The zero-order chi connectivity index (χ0) is 13.7. The smallest absolute Gasteiger partial charge is 0.124 e. The summed E-state index contributed by atoms with van der Waals surface area (Å²) < 4.78 is 6.60. The van der Waals surface area contributed by atoms with Crippen molar-refractivity contribution in [1.29, 1.82) is 0 Å². The molecule has 0 saturated heterocycles. The summed E-state index contributed by atoms with van der Waals surface area (Å²) in [5.74, 6) is 1.84. The lowest BCUT2D eigenvalue weighted by atomic mass is 9.83. The highest BCUT2D eigenvalue weighted by Gasteiger charge is 2.21. The molecule has 0 aromatic heterocycles. The van der Waals surface area contributed by atoms with E-state index in [0.29, 0.717) is 6.04 Å².